The third kappa shape index (κ3) is 10.5. The second-order valence-electron chi connectivity index (χ2n) is 2.30. The van der Waals surface area contributed by atoms with Crippen molar-refractivity contribution in [2.75, 3.05) is 0 Å². The van der Waals surface area contributed by atoms with Gasteiger partial charge in [0, 0.05) is 5.38 Å². The van der Waals surface area contributed by atoms with Crippen molar-refractivity contribution in [3.8, 4) is 0 Å². The van der Waals surface area contributed by atoms with Crippen LogP contribution in [0.4, 0.5) is 0 Å². The van der Waals surface area contributed by atoms with Crippen molar-refractivity contribution in [2.45, 2.75) is 31.6 Å². The summed E-state index contributed by atoms with van der Waals surface area (Å²) < 4.78 is 0. The van der Waals surface area contributed by atoms with E-state index < -0.39 is 5.97 Å². The molecule has 0 aromatic heterocycles. The monoisotopic (exact) mass is 198 g/mol. The molecule has 0 amide bonds. The molecule has 4 heteroatoms. The number of carboxylic acids is 1. The number of carbonyl (C=O) groups excluding carboxylic acids is 1. The Labute approximate surface area is 100 Å². The molecule has 0 radical (unpaired) electrons. The van der Waals surface area contributed by atoms with Crippen LogP contribution in [0.1, 0.15) is 26.2 Å². The quantitative estimate of drug-likeness (QED) is 0.294. The Balaban J connectivity index is 0. The predicted octanol–water partition coefficient (Wildman–Crippen LogP) is -1.91. The molecule has 0 aliphatic carbocycles. The van der Waals surface area contributed by atoms with E-state index in [0.717, 1.165) is 18.9 Å². The number of hydrogen-bond donors (Lipinski definition) is 0. The van der Waals surface area contributed by atoms with Crippen LogP contribution in [0.2, 0.25) is 0 Å². The smallest absolute Gasteiger partial charge is 0.545 e. The van der Waals surface area contributed by atoms with Gasteiger partial charge in [0.1, 0.15) is 0 Å². The number of carboxylic acid groups (broad SMARTS) is 1. The van der Waals surface area contributed by atoms with Crippen molar-refractivity contribution in [1.82, 2.24) is 0 Å². The summed E-state index contributed by atoms with van der Waals surface area (Å²) in [5, 5.41) is 10.0. The minimum Gasteiger partial charge on any atom is -0.545 e. The van der Waals surface area contributed by atoms with E-state index >= 15 is 0 Å². The Hall–Kier alpha value is 0.500. The maximum atomic E-state index is 9.88. The number of allylic oxidation sites excluding steroid dienone is 1. The Morgan fingerprint density at radius 1 is 1.67 bits per heavy atom. The average Bonchev–Trinajstić information content (AvgIpc) is 1.97. The molecular formula is C8H12ClNaO2. The van der Waals surface area contributed by atoms with Crippen LogP contribution in [0.15, 0.2) is 12.2 Å². The number of alkyl halides is 1. The van der Waals surface area contributed by atoms with Crippen LogP contribution in [0.5, 0.6) is 0 Å². The maximum absolute atomic E-state index is 9.88. The molecule has 0 saturated heterocycles. The summed E-state index contributed by atoms with van der Waals surface area (Å²) in [4.78, 5) is 9.88. The SMILES string of the molecule is CCC(Cl)CC/C=C/C(=O)[O-].[Na+]. The second-order valence-corrected chi connectivity index (χ2v) is 2.92. The van der Waals surface area contributed by atoms with Gasteiger partial charge in [-0.15, -0.1) is 11.6 Å². The summed E-state index contributed by atoms with van der Waals surface area (Å²) in [5.74, 6) is -1.15. The minimum absolute atomic E-state index is 0. The summed E-state index contributed by atoms with van der Waals surface area (Å²) in [6, 6.07) is 0. The zero-order valence-corrected chi connectivity index (χ0v) is 10.3. The molecule has 0 rings (SSSR count). The van der Waals surface area contributed by atoms with Crippen molar-refractivity contribution in [3.63, 3.8) is 0 Å². The molecule has 0 N–H and O–H groups in total. The van der Waals surface area contributed by atoms with Gasteiger partial charge < -0.3 is 9.90 Å². The van der Waals surface area contributed by atoms with Crippen molar-refractivity contribution >= 4 is 17.6 Å². The first kappa shape index (κ1) is 15.0. The van der Waals surface area contributed by atoms with Gasteiger partial charge in [-0.25, -0.2) is 0 Å². The normalized spacial score (nSPS) is 12.5. The molecule has 1 atom stereocenters. The van der Waals surface area contributed by atoms with Crippen molar-refractivity contribution < 1.29 is 39.5 Å². The van der Waals surface area contributed by atoms with E-state index in [1.807, 2.05) is 6.92 Å². The number of aliphatic carboxylic acids is 1. The Morgan fingerprint density at radius 3 is 2.67 bits per heavy atom. The third-order valence-corrected chi connectivity index (χ3v) is 1.87. The fourth-order valence-corrected chi connectivity index (χ4v) is 0.787. The zero-order valence-electron chi connectivity index (χ0n) is 7.55. The number of carbonyl (C=O) groups is 1. The van der Waals surface area contributed by atoms with E-state index in [2.05, 4.69) is 0 Å². The molecule has 0 heterocycles. The van der Waals surface area contributed by atoms with Crippen LogP contribution >= 0.6 is 11.6 Å². The van der Waals surface area contributed by atoms with Gasteiger partial charge in [-0.05, 0) is 25.3 Å². The summed E-state index contributed by atoms with van der Waals surface area (Å²) in [6.07, 6.45) is 5.05. The van der Waals surface area contributed by atoms with Crippen molar-refractivity contribution in [2.24, 2.45) is 0 Å². The molecule has 12 heavy (non-hydrogen) atoms. The fraction of sp³-hybridized carbons (Fsp3) is 0.625. The molecule has 0 aromatic carbocycles. The molecule has 0 fully saturated rings. The van der Waals surface area contributed by atoms with E-state index in [-0.39, 0.29) is 34.9 Å². The van der Waals surface area contributed by atoms with Gasteiger partial charge in [-0.3, -0.25) is 0 Å². The zero-order chi connectivity index (χ0) is 8.69. The van der Waals surface area contributed by atoms with Gasteiger partial charge in [-0.2, -0.15) is 0 Å². The van der Waals surface area contributed by atoms with Crippen LogP contribution in [0.3, 0.4) is 0 Å². The van der Waals surface area contributed by atoms with Crippen molar-refractivity contribution in [3.05, 3.63) is 12.2 Å². The Morgan fingerprint density at radius 2 is 2.25 bits per heavy atom. The van der Waals surface area contributed by atoms with E-state index in [1.165, 1.54) is 0 Å². The van der Waals surface area contributed by atoms with Crippen LogP contribution in [-0.4, -0.2) is 11.3 Å². The van der Waals surface area contributed by atoms with E-state index in [1.54, 1.807) is 6.08 Å². The van der Waals surface area contributed by atoms with Gasteiger partial charge in [0.2, 0.25) is 0 Å². The summed E-state index contributed by atoms with van der Waals surface area (Å²) in [6.45, 7) is 2.00. The van der Waals surface area contributed by atoms with Crippen LogP contribution in [0.25, 0.3) is 0 Å². The van der Waals surface area contributed by atoms with Gasteiger partial charge in [0.25, 0.3) is 0 Å². The molecule has 0 aliphatic rings. The van der Waals surface area contributed by atoms with Crippen LogP contribution in [0, 0.1) is 0 Å². The van der Waals surface area contributed by atoms with Gasteiger partial charge in [0.15, 0.2) is 0 Å². The summed E-state index contributed by atoms with van der Waals surface area (Å²) in [7, 11) is 0. The van der Waals surface area contributed by atoms with Gasteiger partial charge in [-0.1, -0.05) is 13.0 Å². The van der Waals surface area contributed by atoms with Crippen LogP contribution < -0.4 is 34.7 Å². The first-order chi connectivity index (χ1) is 5.16. The summed E-state index contributed by atoms with van der Waals surface area (Å²) >= 11 is 5.78. The molecule has 64 valence electrons. The number of rotatable bonds is 5. The van der Waals surface area contributed by atoms with E-state index in [9.17, 15) is 9.90 Å². The standard InChI is InChI=1S/C8H13ClO2.Na/c1-2-7(9)5-3-4-6-8(10)11;/h4,6-7H,2-3,5H2,1H3,(H,10,11);/q;+1/p-1/b6-4+;. The van der Waals surface area contributed by atoms with Gasteiger partial charge >= 0.3 is 29.6 Å². The first-order valence-corrected chi connectivity index (χ1v) is 4.12. The first-order valence-electron chi connectivity index (χ1n) is 3.68. The minimum atomic E-state index is -1.15. The molecule has 2 nitrogen and oxygen atoms in total. The molecule has 0 saturated carbocycles. The largest absolute Gasteiger partial charge is 1.00 e. The summed E-state index contributed by atoms with van der Waals surface area (Å²) in [5.41, 5.74) is 0. The average molecular weight is 199 g/mol. The number of halogens is 1. The molecule has 0 spiro atoms. The van der Waals surface area contributed by atoms with Gasteiger partial charge in [0.05, 0.1) is 5.97 Å². The Bertz CT molecular complexity index is 148. The molecular weight excluding hydrogens is 187 g/mol. The van der Waals surface area contributed by atoms with E-state index in [4.69, 9.17) is 11.6 Å². The second kappa shape index (κ2) is 9.59. The number of hydrogen-bond acceptors (Lipinski definition) is 2. The molecule has 0 bridgehead atoms. The van der Waals surface area contributed by atoms with Crippen molar-refractivity contribution in [1.29, 1.82) is 0 Å². The maximum Gasteiger partial charge on any atom is 1.00 e. The topological polar surface area (TPSA) is 40.1 Å². The predicted molar refractivity (Wildman–Crippen MR) is 43.3 cm³/mol. The van der Waals surface area contributed by atoms with Crippen LogP contribution in [-0.2, 0) is 4.79 Å². The van der Waals surface area contributed by atoms with E-state index in [0.29, 0.717) is 6.42 Å². The molecule has 0 aliphatic heterocycles. The third-order valence-electron chi connectivity index (χ3n) is 1.34. The molecule has 0 aromatic rings. The molecule has 1 unspecified atom stereocenters. The Kier molecular flexibility index (Phi) is 12.0. The fourth-order valence-electron chi connectivity index (χ4n) is 0.661.